The van der Waals surface area contributed by atoms with Crippen LogP contribution in [0.5, 0.6) is 0 Å². The van der Waals surface area contributed by atoms with E-state index in [1.807, 2.05) is 0 Å². The Kier molecular flexibility index (Phi) is 3.53. The third-order valence-corrected chi connectivity index (χ3v) is 2.79. The largest absolute Gasteiger partial charge is 0.326 e. The lowest BCUT2D eigenvalue weighted by molar-refractivity contribution is 0.372. The average molecular weight is 170 g/mol. The van der Waals surface area contributed by atoms with Gasteiger partial charge in [0, 0.05) is 19.1 Å². The van der Waals surface area contributed by atoms with Gasteiger partial charge in [0.2, 0.25) is 0 Å². The lowest BCUT2D eigenvalue weighted by Gasteiger charge is -2.14. The molecule has 72 valence electrons. The molecule has 2 nitrogen and oxygen atoms in total. The van der Waals surface area contributed by atoms with Gasteiger partial charge in [-0.2, -0.15) is 0 Å². The van der Waals surface area contributed by atoms with E-state index >= 15 is 0 Å². The van der Waals surface area contributed by atoms with E-state index in [-0.39, 0.29) is 0 Å². The van der Waals surface area contributed by atoms with Crippen molar-refractivity contribution in [3.8, 4) is 0 Å². The van der Waals surface area contributed by atoms with Gasteiger partial charge in [-0.15, -0.1) is 0 Å². The van der Waals surface area contributed by atoms with Crippen LogP contribution in [-0.4, -0.2) is 31.1 Å². The first-order chi connectivity index (χ1) is 5.59. The second kappa shape index (κ2) is 4.24. The Hall–Kier alpha value is -0.0800. The molecule has 1 aliphatic rings. The van der Waals surface area contributed by atoms with Gasteiger partial charge in [0.25, 0.3) is 0 Å². The lowest BCUT2D eigenvalue weighted by Crippen LogP contribution is -2.29. The van der Waals surface area contributed by atoms with Crippen LogP contribution in [0.15, 0.2) is 0 Å². The van der Waals surface area contributed by atoms with Crippen molar-refractivity contribution in [1.29, 1.82) is 0 Å². The number of nitrogens with two attached hydrogens (primary N) is 1. The summed E-state index contributed by atoms with van der Waals surface area (Å²) in [6.45, 7) is 6.85. The normalized spacial score (nSPS) is 31.8. The first-order valence-corrected chi connectivity index (χ1v) is 5.03. The maximum atomic E-state index is 6.01. The molecule has 0 aromatic carbocycles. The maximum Gasteiger partial charge on any atom is 0.0208 e. The monoisotopic (exact) mass is 170 g/mol. The smallest absolute Gasteiger partial charge is 0.0208 e. The predicted molar refractivity (Wildman–Crippen MR) is 53.0 cm³/mol. The van der Waals surface area contributed by atoms with Crippen molar-refractivity contribution in [2.24, 2.45) is 17.6 Å². The Morgan fingerprint density at radius 1 is 1.42 bits per heavy atom. The van der Waals surface area contributed by atoms with Crippen LogP contribution in [0.2, 0.25) is 0 Å². The summed E-state index contributed by atoms with van der Waals surface area (Å²) in [5, 5.41) is 0. The number of hydrogen-bond acceptors (Lipinski definition) is 2. The minimum atomic E-state index is 0.425. The van der Waals surface area contributed by atoms with Crippen molar-refractivity contribution < 1.29 is 0 Å². The maximum absolute atomic E-state index is 6.01. The summed E-state index contributed by atoms with van der Waals surface area (Å²) < 4.78 is 0. The van der Waals surface area contributed by atoms with Crippen LogP contribution in [0, 0.1) is 11.8 Å². The molecule has 0 aromatic heterocycles. The Morgan fingerprint density at radius 2 is 2.08 bits per heavy atom. The molecule has 1 rings (SSSR count). The summed E-state index contributed by atoms with van der Waals surface area (Å²) in [5.41, 5.74) is 6.01. The summed E-state index contributed by atoms with van der Waals surface area (Å²) in [6, 6.07) is 0.425. The fourth-order valence-corrected chi connectivity index (χ4v) is 1.97. The number of nitrogens with zero attached hydrogens (tertiary/aromatic N) is 1. The molecule has 2 heteroatoms. The molecule has 1 fully saturated rings. The van der Waals surface area contributed by atoms with E-state index in [9.17, 15) is 0 Å². The molecule has 1 aliphatic heterocycles. The fraction of sp³-hybridized carbons (Fsp3) is 1.00. The standard InChI is InChI=1S/C10H22N2/c1-8(2)4-5-9-6-12(3)7-10(9)11/h8-10H,4-7,11H2,1-3H3. The van der Waals surface area contributed by atoms with Gasteiger partial charge < -0.3 is 10.6 Å². The highest BCUT2D eigenvalue weighted by molar-refractivity contribution is 4.84. The van der Waals surface area contributed by atoms with Gasteiger partial charge >= 0.3 is 0 Å². The molecule has 1 heterocycles. The van der Waals surface area contributed by atoms with Crippen LogP contribution < -0.4 is 5.73 Å². The number of likely N-dealkylation sites (N-methyl/N-ethyl adjacent to an activating group) is 1. The van der Waals surface area contributed by atoms with Crippen LogP contribution in [0.3, 0.4) is 0 Å². The molecule has 0 saturated carbocycles. The molecule has 0 spiro atoms. The van der Waals surface area contributed by atoms with Crippen molar-refractivity contribution in [3.05, 3.63) is 0 Å². The molecule has 0 radical (unpaired) electrons. The summed E-state index contributed by atoms with van der Waals surface area (Å²) in [6.07, 6.45) is 2.63. The number of rotatable bonds is 3. The second-order valence-corrected chi connectivity index (χ2v) is 4.62. The minimum Gasteiger partial charge on any atom is -0.326 e. The highest BCUT2D eigenvalue weighted by atomic mass is 15.1. The van der Waals surface area contributed by atoms with Crippen LogP contribution in [0.4, 0.5) is 0 Å². The van der Waals surface area contributed by atoms with E-state index in [1.54, 1.807) is 0 Å². The summed E-state index contributed by atoms with van der Waals surface area (Å²) in [7, 11) is 2.16. The van der Waals surface area contributed by atoms with Gasteiger partial charge in [-0.25, -0.2) is 0 Å². The molecule has 2 unspecified atom stereocenters. The van der Waals surface area contributed by atoms with E-state index in [1.165, 1.54) is 19.4 Å². The minimum absolute atomic E-state index is 0.425. The Bertz CT molecular complexity index is 134. The van der Waals surface area contributed by atoms with E-state index in [0.29, 0.717) is 6.04 Å². The van der Waals surface area contributed by atoms with Gasteiger partial charge in [0.15, 0.2) is 0 Å². The molecule has 1 saturated heterocycles. The topological polar surface area (TPSA) is 29.3 Å². The van der Waals surface area contributed by atoms with Gasteiger partial charge in [-0.05, 0) is 25.3 Å². The van der Waals surface area contributed by atoms with Crippen molar-refractivity contribution in [2.75, 3.05) is 20.1 Å². The Morgan fingerprint density at radius 3 is 2.50 bits per heavy atom. The van der Waals surface area contributed by atoms with E-state index in [0.717, 1.165) is 18.4 Å². The van der Waals surface area contributed by atoms with Crippen molar-refractivity contribution >= 4 is 0 Å². The average Bonchev–Trinajstić information content (AvgIpc) is 2.26. The Labute approximate surface area is 76.1 Å². The van der Waals surface area contributed by atoms with Crippen LogP contribution in [-0.2, 0) is 0 Å². The first kappa shape index (κ1) is 10.0. The highest BCUT2D eigenvalue weighted by Crippen LogP contribution is 2.20. The zero-order chi connectivity index (χ0) is 9.14. The van der Waals surface area contributed by atoms with Crippen LogP contribution in [0.1, 0.15) is 26.7 Å². The van der Waals surface area contributed by atoms with Gasteiger partial charge in [-0.3, -0.25) is 0 Å². The predicted octanol–water partition coefficient (Wildman–Crippen LogP) is 1.31. The zero-order valence-electron chi connectivity index (χ0n) is 8.59. The summed E-state index contributed by atoms with van der Waals surface area (Å²) >= 11 is 0. The van der Waals surface area contributed by atoms with Gasteiger partial charge in [-0.1, -0.05) is 20.3 Å². The lowest BCUT2D eigenvalue weighted by atomic mass is 9.94. The molecule has 0 aliphatic carbocycles. The SMILES string of the molecule is CC(C)CCC1CN(C)CC1N. The fourth-order valence-electron chi connectivity index (χ4n) is 1.97. The van der Waals surface area contributed by atoms with E-state index < -0.39 is 0 Å². The molecular weight excluding hydrogens is 148 g/mol. The quantitative estimate of drug-likeness (QED) is 0.692. The molecule has 0 bridgehead atoms. The van der Waals surface area contributed by atoms with Crippen LogP contribution in [0.25, 0.3) is 0 Å². The second-order valence-electron chi connectivity index (χ2n) is 4.62. The van der Waals surface area contributed by atoms with Crippen molar-refractivity contribution in [2.45, 2.75) is 32.7 Å². The number of likely N-dealkylation sites (tertiary alicyclic amines) is 1. The molecular formula is C10H22N2. The summed E-state index contributed by atoms with van der Waals surface area (Å²) in [5.74, 6) is 1.57. The highest BCUT2D eigenvalue weighted by Gasteiger charge is 2.27. The first-order valence-electron chi connectivity index (χ1n) is 5.03. The number of hydrogen-bond donors (Lipinski definition) is 1. The van der Waals surface area contributed by atoms with Gasteiger partial charge in [0.1, 0.15) is 0 Å². The molecule has 12 heavy (non-hydrogen) atoms. The van der Waals surface area contributed by atoms with Crippen LogP contribution >= 0.6 is 0 Å². The van der Waals surface area contributed by atoms with Crippen molar-refractivity contribution in [3.63, 3.8) is 0 Å². The third-order valence-electron chi connectivity index (χ3n) is 2.79. The zero-order valence-corrected chi connectivity index (χ0v) is 8.59. The molecule has 2 atom stereocenters. The Balaban J connectivity index is 2.23. The van der Waals surface area contributed by atoms with Crippen molar-refractivity contribution in [1.82, 2.24) is 4.90 Å². The van der Waals surface area contributed by atoms with E-state index in [2.05, 4.69) is 25.8 Å². The molecule has 0 aromatic rings. The van der Waals surface area contributed by atoms with E-state index in [4.69, 9.17) is 5.73 Å². The molecule has 0 amide bonds. The summed E-state index contributed by atoms with van der Waals surface area (Å²) in [4.78, 5) is 2.34. The van der Waals surface area contributed by atoms with Gasteiger partial charge in [0.05, 0.1) is 0 Å². The molecule has 2 N–H and O–H groups in total. The third kappa shape index (κ3) is 2.76.